The molecule has 1 aromatic carbocycles. The fourth-order valence-corrected chi connectivity index (χ4v) is 2.52. The van der Waals surface area contributed by atoms with Gasteiger partial charge in [0.15, 0.2) is 0 Å². The van der Waals surface area contributed by atoms with Crippen molar-refractivity contribution in [3.8, 4) is 5.88 Å². The monoisotopic (exact) mass is 289 g/mol. The summed E-state index contributed by atoms with van der Waals surface area (Å²) in [7, 11) is 3.53. The number of benzene rings is 1. The molecule has 0 aliphatic heterocycles. The molecule has 0 spiro atoms. The summed E-state index contributed by atoms with van der Waals surface area (Å²) in [5.74, 6) is 0.768. The predicted octanol–water partition coefficient (Wildman–Crippen LogP) is 1.81. The lowest BCUT2D eigenvalue weighted by Gasteiger charge is -2.17. The average Bonchev–Trinajstić information content (AvgIpc) is 2.84. The van der Waals surface area contributed by atoms with E-state index in [2.05, 4.69) is 17.3 Å². The van der Waals surface area contributed by atoms with Crippen molar-refractivity contribution in [2.45, 2.75) is 25.9 Å². The van der Waals surface area contributed by atoms with Gasteiger partial charge in [-0.05, 0) is 12.0 Å². The van der Waals surface area contributed by atoms with Crippen LogP contribution in [0.15, 0.2) is 30.3 Å². The van der Waals surface area contributed by atoms with Gasteiger partial charge in [-0.25, -0.2) is 4.68 Å². The fourth-order valence-electron chi connectivity index (χ4n) is 2.52. The molecule has 0 unspecified atom stereocenters. The normalized spacial score (nSPS) is 12.4. The molecule has 5 nitrogen and oxygen atoms in total. The molecular formula is C16H23N3O2. The first-order valence-electron chi connectivity index (χ1n) is 7.19. The summed E-state index contributed by atoms with van der Waals surface area (Å²) in [5.41, 5.74) is 3.14. The molecule has 0 bridgehead atoms. The highest BCUT2D eigenvalue weighted by Gasteiger charge is 2.17. The van der Waals surface area contributed by atoms with Gasteiger partial charge >= 0.3 is 0 Å². The minimum absolute atomic E-state index is 0.0497. The number of aliphatic hydroxyl groups excluding tert-OH is 1. The van der Waals surface area contributed by atoms with Gasteiger partial charge in [0.1, 0.15) is 0 Å². The Bertz CT molecular complexity index is 566. The largest absolute Gasteiger partial charge is 0.481 e. The lowest BCUT2D eigenvalue weighted by Crippen LogP contribution is -2.24. The Morgan fingerprint density at radius 1 is 1.33 bits per heavy atom. The lowest BCUT2D eigenvalue weighted by molar-refractivity contribution is 0.243. The number of hydrogen-bond donors (Lipinski definition) is 2. The van der Waals surface area contributed by atoms with Crippen LogP contribution < -0.4 is 10.1 Å². The van der Waals surface area contributed by atoms with E-state index < -0.39 is 0 Å². The minimum atomic E-state index is -0.0965. The molecule has 21 heavy (non-hydrogen) atoms. The number of aromatic nitrogens is 2. The van der Waals surface area contributed by atoms with Crippen molar-refractivity contribution in [1.29, 1.82) is 0 Å². The number of methoxy groups -OCH3 is 1. The molecular weight excluding hydrogens is 266 g/mol. The second kappa shape index (κ2) is 7.24. The van der Waals surface area contributed by atoms with Crippen LogP contribution in [0, 0.1) is 0 Å². The lowest BCUT2D eigenvalue weighted by atomic mass is 10.1. The first-order chi connectivity index (χ1) is 10.2. The Labute approximate surface area is 125 Å². The summed E-state index contributed by atoms with van der Waals surface area (Å²) < 4.78 is 7.18. The quantitative estimate of drug-likeness (QED) is 0.816. The maximum absolute atomic E-state index is 9.60. The molecule has 1 aromatic heterocycles. The van der Waals surface area contributed by atoms with Crippen molar-refractivity contribution in [3.63, 3.8) is 0 Å². The predicted molar refractivity (Wildman–Crippen MR) is 82.2 cm³/mol. The Kier molecular flexibility index (Phi) is 5.36. The summed E-state index contributed by atoms with van der Waals surface area (Å²) in [6.45, 7) is 2.74. The van der Waals surface area contributed by atoms with Crippen LogP contribution in [0.3, 0.4) is 0 Å². The number of aryl methyl sites for hydroxylation is 2. The molecule has 0 aliphatic rings. The Morgan fingerprint density at radius 2 is 2.05 bits per heavy atom. The van der Waals surface area contributed by atoms with E-state index >= 15 is 0 Å². The highest BCUT2D eigenvalue weighted by atomic mass is 16.5. The first-order valence-corrected chi connectivity index (χ1v) is 7.19. The van der Waals surface area contributed by atoms with Crippen LogP contribution in [0.5, 0.6) is 5.88 Å². The zero-order valence-corrected chi connectivity index (χ0v) is 12.8. The van der Waals surface area contributed by atoms with Gasteiger partial charge in [0, 0.05) is 13.6 Å². The van der Waals surface area contributed by atoms with Crippen molar-refractivity contribution in [1.82, 2.24) is 15.1 Å². The van der Waals surface area contributed by atoms with Crippen LogP contribution in [-0.4, -0.2) is 28.6 Å². The molecule has 2 aromatic rings. The first kappa shape index (κ1) is 15.5. The van der Waals surface area contributed by atoms with E-state index in [0.29, 0.717) is 6.54 Å². The van der Waals surface area contributed by atoms with E-state index in [9.17, 15) is 5.11 Å². The van der Waals surface area contributed by atoms with E-state index in [0.717, 1.165) is 29.1 Å². The summed E-state index contributed by atoms with van der Waals surface area (Å²) in [4.78, 5) is 0. The molecule has 0 fully saturated rings. The van der Waals surface area contributed by atoms with Crippen LogP contribution in [0.1, 0.15) is 29.8 Å². The van der Waals surface area contributed by atoms with E-state index in [1.807, 2.05) is 37.4 Å². The average molecular weight is 289 g/mol. The van der Waals surface area contributed by atoms with Gasteiger partial charge in [-0.1, -0.05) is 37.3 Å². The Balaban J connectivity index is 2.15. The fraction of sp³-hybridized carbons (Fsp3) is 0.438. The molecule has 2 rings (SSSR count). The van der Waals surface area contributed by atoms with Gasteiger partial charge in [-0.15, -0.1) is 0 Å². The van der Waals surface area contributed by atoms with Gasteiger partial charge in [0.05, 0.1) is 31.0 Å². The maximum atomic E-state index is 9.60. The van der Waals surface area contributed by atoms with Gasteiger partial charge < -0.3 is 15.2 Å². The number of aliphatic hydroxyl groups is 1. The molecule has 2 N–H and O–H groups in total. The third kappa shape index (κ3) is 3.43. The smallest absolute Gasteiger partial charge is 0.216 e. The number of ether oxygens (including phenoxy) is 1. The third-order valence-electron chi connectivity index (χ3n) is 3.61. The van der Waals surface area contributed by atoms with Crippen LogP contribution in [-0.2, 0) is 20.0 Å². The van der Waals surface area contributed by atoms with E-state index in [1.165, 1.54) is 0 Å². The van der Waals surface area contributed by atoms with E-state index in [-0.39, 0.29) is 12.6 Å². The summed E-state index contributed by atoms with van der Waals surface area (Å²) in [6.07, 6.45) is 0.851. The number of rotatable bonds is 7. The molecule has 114 valence electrons. The molecule has 0 aliphatic carbocycles. The Morgan fingerprint density at radius 3 is 2.62 bits per heavy atom. The topological polar surface area (TPSA) is 59.3 Å². The van der Waals surface area contributed by atoms with Gasteiger partial charge in [0.25, 0.3) is 0 Å². The highest BCUT2D eigenvalue weighted by molar-refractivity contribution is 5.32. The Hall–Kier alpha value is -1.85. The highest BCUT2D eigenvalue weighted by Crippen LogP contribution is 2.23. The maximum Gasteiger partial charge on any atom is 0.216 e. The molecule has 0 saturated heterocycles. The second-order valence-electron chi connectivity index (χ2n) is 4.94. The van der Waals surface area contributed by atoms with Crippen LogP contribution in [0.2, 0.25) is 0 Å². The molecule has 0 amide bonds. The molecule has 0 saturated carbocycles. The minimum Gasteiger partial charge on any atom is -0.481 e. The van der Waals surface area contributed by atoms with Gasteiger partial charge in [-0.2, -0.15) is 5.10 Å². The number of nitrogens with one attached hydrogen (secondary N) is 1. The zero-order chi connectivity index (χ0) is 15.2. The molecule has 0 radical (unpaired) electrons. The van der Waals surface area contributed by atoms with Crippen molar-refractivity contribution in [3.05, 3.63) is 47.2 Å². The summed E-state index contributed by atoms with van der Waals surface area (Å²) in [5, 5.41) is 17.4. The van der Waals surface area contributed by atoms with E-state index in [4.69, 9.17) is 4.74 Å². The van der Waals surface area contributed by atoms with Crippen LogP contribution in [0.25, 0.3) is 0 Å². The number of nitrogens with zero attached hydrogens (tertiary/aromatic N) is 2. The SMILES string of the molecule is CCc1nn(C)c(OC)c1CN[C@H](CO)c1ccccc1. The van der Waals surface area contributed by atoms with Crippen molar-refractivity contribution >= 4 is 0 Å². The molecule has 1 heterocycles. The standard InChI is InChI=1S/C16H23N3O2/c1-4-14-13(16(21-3)19(2)18-14)10-17-15(11-20)12-8-6-5-7-9-12/h5-9,15,17,20H,4,10-11H2,1-3H3/t15-/m1/s1. The van der Waals surface area contributed by atoms with Gasteiger partial charge in [0.2, 0.25) is 5.88 Å². The number of hydrogen-bond acceptors (Lipinski definition) is 4. The van der Waals surface area contributed by atoms with Crippen LogP contribution in [0.4, 0.5) is 0 Å². The van der Waals surface area contributed by atoms with Crippen molar-refractivity contribution < 1.29 is 9.84 Å². The summed E-state index contributed by atoms with van der Waals surface area (Å²) >= 11 is 0. The second-order valence-corrected chi connectivity index (χ2v) is 4.94. The molecule has 1 atom stereocenters. The summed E-state index contributed by atoms with van der Waals surface area (Å²) in [6, 6.07) is 9.84. The van der Waals surface area contributed by atoms with Gasteiger partial charge in [-0.3, -0.25) is 0 Å². The van der Waals surface area contributed by atoms with Crippen LogP contribution >= 0.6 is 0 Å². The van der Waals surface area contributed by atoms with Crippen molar-refractivity contribution in [2.75, 3.05) is 13.7 Å². The van der Waals surface area contributed by atoms with E-state index in [1.54, 1.807) is 11.8 Å². The zero-order valence-electron chi connectivity index (χ0n) is 12.8. The third-order valence-corrected chi connectivity index (χ3v) is 3.61. The van der Waals surface area contributed by atoms with Crippen molar-refractivity contribution in [2.24, 2.45) is 7.05 Å². The molecule has 5 heteroatoms.